The fourth-order valence-electron chi connectivity index (χ4n) is 3.60. The Labute approximate surface area is 174 Å². The van der Waals surface area contributed by atoms with Gasteiger partial charge in [-0.05, 0) is 44.2 Å². The Bertz CT molecular complexity index is 1130. The summed E-state index contributed by atoms with van der Waals surface area (Å²) in [6, 6.07) is 16.2. The maximum absolute atomic E-state index is 12.4. The minimum absolute atomic E-state index is 0.0323. The van der Waals surface area contributed by atoms with Crippen LogP contribution in [0.2, 0.25) is 0 Å². The van der Waals surface area contributed by atoms with Gasteiger partial charge in [0.25, 0.3) is 0 Å². The topological polar surface area (TPSA) is 59.3 Å². The summed E-state index contributed by atoms with van der Waals surface area (Å²) < 4.78 is 1.89. The Kier molecular flexibility index (Phi) is 5.45. The van der Waals surface area contributed by atoms with Gasteiger partial charge in [0.1, 0.15) is 0 Å². The Morgan fingerprint density at radius 1 is 1.17 bits per heavy atom. The third kappa shape index (κ3) is 4.07. The molecule has 5 nitrogen and oxygen atoms in total. The molecule has 3 heterocycles. The number of nitrogens with one attached hydrogen (secondary N) is 1. The van der Waals surface area contributed by atoms with E-state index in [0.717, 1.165) is 33.9 Å². The zero-order valence-electron chi connectivity index (χ0n) is 16.8. The number of hydrogen-bond donors (Lipinski definition) is 1. The molecular formula is C23H24N4OS. The molecule has 29 heavy (non-hydrogen) atoms. The first kappa shape index (κ1) is 19.3. The molecule has 0 aliphatic rings. The molecule has 4 rings (SSSR count). The quantitative estimate of drug-likeness (QED) is 0.498. The molecule has 1 unspecified atom stereocenters. The number of carbonyl (C=O) groups excluding carboxylic acids is 1. The van der Waals surface area contributed by atoms with Crippen LogP contribution in [0.1, 0.15) is 41.2 Å². The number of benzene rings is 1. The van der Waals surface area contributed by atoms with Crippen molar-refractivity contribution in [3.05, 3.63) is 75.7 Å². The molecule has 1 N–H and O–H groups in total. The van der Waals surface area contributed by atoms with Gasteiger partial charge in [0.05, 0.1) is 11.7 Å². The summed E-state index contributed by atoms with van der Waals surface area (Å²) in [6.07, 6.45) is 1.07. The van der Waals surface area contributed by atoms with E-state index < -0.39 is 0 Å². The summed E-state index contributed by atoms with van der Waals surface area (Å²) in [7, 11) is 0. The van der Waals surface area contributed by atoms with Gasteiger partial charge < -0.3 is 5.32 Å². The molecule has 0 bridgehead atoms. The molecule has 0 aliphatic heterocycles. The highest BCUT2D eigenvalue weighted by molar-refractivity contribution is 7.10. The average molecular weight is 405 g/mol. The third-order valence-corrected chi connectivity index (χ3v) is 6.24. The predicted octanol–water partition coefficient (Wildman–Crippen LogP) is 4.88. The van der Waals surface area contributed by atoms with E-state index >= 15 is 0 Å². The highest BCUT2D eigenvalue weighted by atomic mass is 32.1. The molecule has 0 fully saturated rings. The van der Waals surface area contributed by atoms with Crippen molar-refractivity contribution in [2.24, 2.45) is 0 Å². The molecule has 0 saturated carbocycles. The van der Waals surface area contributed by atoms with E-state index in [1.54, 1.807) is 11.3 Å². The average Bonchev–Trinajstić information content (AvgIpc) is 3.38. The Balaban J connectivity index is 1.52. The standard InChI is InChI=1S/C23H24N4OS/c1-15-19(11-12-23(28)25-16(2)21-10-7-13-29-21)17(3)27-22(24-15)14-20(26-27)18-8-5-4-6-9-18/h4-10,13-14,16H,11-12H2,1-3H3,(H,25,28). The molecular weight excluding hydrogens is 380 g/mol. The molecule has 148 valence electrons. The number of hydrogen-bond acceptors (Lipinski definition) is 4. The van der Waals surface area contributed by atoms with Gasteiger partial charge in [0.15, 0.2) is 5.65 Å². The Morgan fingerprint density at radius 3 is 2.69 bits per heavy atom. The van der Waals surface area contributed by atoms with Crippen molar-refractivity contribution in [3.8, 4) is 11.3 Å². The van der Waals surface area contributed by atoms with E-state index in [2.05, 4.69) is 5.32 Å². The van der Waals surface area contributed by atoms with Crippen molar-refractivity contribution >= 4 is 22.9 Å². The van der Waals surface area contributed by atoms with Crippen LogP contribution >= 0.6 is 11.3 Å². The lowest BCUT2D eigenvalue weighted by Crippen LogP contribution is -2.26. The second-order valence-corrected chi connectivity index (χ2v) is 8.21. The second kappa shape index (κ2) is 8.17. The molecule has 0 spiro atoms. The number of fused-ring (bicyclic) bond motifs is 1. The van der Waals surface area contributed by atoms with Crippen molar-refractivity contribution in [2.75, 3.05) is 0 Å². The van der Waals surface area contributed by atoms with Crippen LogP contribution in [0.4, 0.5) is 0 Å². The van der Waals surface area contributed by atoms with E-state index in [4.69, 9.17) is 10.1 Å². The molecule has 1 aromatic carbocycles. The lowest BCUT2D eigenvalue weighted by molar-refractivity contribution is -0.121. The van der Waals surface area contributed by atoms with Gasteiger partial charge in [0, 0.05) is 34.3 Å². The normalized spacial score (nSPS) is 12.2. The van der Waals surface area contributed by atoms with Crippen LogP contribution in [-0.4, -0.2) is 20.5 Å². The van der Waals surface area contributed by atoms with Crippen LogP contribution in [0.5, 0.6) is 0 Å². The molecule has 0 radical (unpaired) electrons. The minimum atomic E-state index is 0.0323. The predicted molar refractivity (Wildman–Crippen MR) is 117 cm³/mol. The number of rotatable bonds is 6. The molecule has 4 aromatic rings. The van der Waals surface area contributed by atoms with Crippen molar-refractivity contribution < 1.29 is 4.79 Å². The fraction of sp³-hybridized carbons (Fsp3) is 0.261. The number of carbonyl (C=O) groups is 1. The lowest BCUT2D eigenvalue weighted by Gasteiger charge is -2.14. The van der Waals surface area contributed by atoms with Crippen molar-refractivity contribution in [1.29, 1.82) is 0 Å². The van der Waals surface area contributed by atoms with Crippen LogP contribution in [0, 0.1) is 13.8 Å². The summed E-state index contributed by atoms with van der Waals surface area (Å²) in [5.41, 5.74) is 5.87. The van der Waals surface area contributed by atoms with Crippen molar-refractivity contribution in [3.63, 3.8) is 0 Å². The smallest absolute Gasteiger partial charge is 0.220 e. The van der Waals surface area contributed by atoms with Gasteiger partial charge in [-0.3, -0.25) is 4.79 Å². The van der Waals surface area contributed by atoms with Gasteiger partial charge in [0.2, 0.25) is 5.91 Å². The first-order valence-electron chi connectivity index (χ1n) is 9.77. The first-order valence-corrected chi connectivity index (χ1v) is 10.6. The number of aromatic nitrogens is 3. The first-order chi connectivity index (χ1) is 14.0. The summed E-state index contributed by atoms with van der Waals surface area (Å²) in [5.74, 6) is 0.0511. The van der Waals surface area contributed by atoms with Crippen molar-refractivity contribution in [2.45, 2.75) is 39.7 Å². The van der Waals surface area contributed by atoms with E-state index in [1.807, 2.05) is 79.2 Å². The number of aryl methyl sites for hydroxylation is 2. The van der Waals surface area contributed by atoms with Crippen LogP contribution in [0.3, 0.4) is 0 Å². The van der Waals surface area contributed by atoms with Gasteiger partial charge in [-0.15, -0.1) is 11.3 Å². The van der Waals surface area contributed by atoms with Gasteiger partial charge in [-0.1, -0.05) is 36.4 Å². The number of nitrogens with zero attached hydrogens (tertiary/aromatic N) is 3. The zero-order chi connectivity index (χ0) is 20.4. The highest BCUT2D eigenvalue weighted by Crippen LogP contribution is 2.23. The SMILES string of the molecule is Cc1nc2cc(-c3ccccc3)nn2c(C)c1CCC(=O)NC(C)c1cccs1. The summed E-state index contributed by atoms with van der Waals surface area (Å²) in [4.78, 5) is 18.3. The molecule has 1 amide bonds. The summed E-state index contributed by atoms with van der Waals surface area (Å²) >= 11 is 1.66. The van der Waals surface area contributed by atoms with E-state index in [9.17, 15) is 4.79 Å². The Morgan fingerprint density at radius 2 is 1.97 bits per heavy atom. The highest BCUT2D eigenvalue weighted by Gasteiger charge is 2.15. The molecule has 6 heteroatoms. The largest absolute Gasteiger partial charge is 0.349 e. The summed E-state index contributed by atoms with van der Waals surface area (Å²) in [5, 5.41) is 9.86. The maximum Gasteiger partial charge on any atom is 0.220 e. The second-order valence-electron chi connectivity index (χ2n) is 7.23. The third-order valence-electron chi connectivity index (χ3n) is 5.18. The van der Waals surface area contributed by atoms with Gasteiger partial charge in [-0.25, -0.2) is 9.50 Å². The van der Waals surface area contributed by atoms with E-state index in [1.165, 1.54) is 4.88 Å². The zero-order valence-corrected chi connectivity index (χ0v) is 17.7. The number of thiophene rings is 1. The van der Waals surface area contributed by atoms with Gasteiger partial charge >= 0.3 is 0 Å². The van der Waals surface area contributed by atoms with Crippen molar-refractivity contribution in [1.82, 2.24) is 19.9 Å². The van der Waals surface area contributed by atoms with Crippen LogP contribution in [-0.2, 0) is 11.2 Å². The minimum Gasteiger partial charge on any atom is -0.349 e. The van der Waals surface area contributed by atoms with Gasteiger partial charge in [-0.2, -0.15) is 5.10 Å². The van der Waals surface area contributed by atoms with E-state index in [-0.39, 0.29) is 11.9 Å². The molecule has 3 aromatic heterocycles. The fourth-order valence-corrected chi connectivity index (χ4v) is 4.33. The molecule has 1 atom stereocenters. The molecule has 0 aliphatic carbocycles. The van der Waals surface area contributed by atoms with E-state index in [0.29, 0.717) is 12.8 Å². The Hall–Kier alpha value is -2.99. The van der Waals surface area contributed by atoms with Crippen LogP contribution in [0.15, 0.2) is 53.9 Å². The van der Waals surface area contributed by atoms with Crippen LogP contribution < -0.4 is 5.32 Å². The monoisotopic (exact) mass is 404 g/mol. The number of amides is 1. The maximum atomic E-state index is 12.4. The summed E-state index contributed by atoms with van der Waals surface area (Å²) in [6.45, 7) is 6.07. The van der Waals surface area contributed by atoms with Crippen LogP contribution in [0.25, 0.3) is 16.9 Å². The molecule has 0 saturated heterocycles. The lowest BCUT2D eigenvalue weighted by atomic mass is 10.1.